The fourth-order valence-electron chi connectivity index (χ4n) is 7.49. The van der Waals surface area contributed by atoms with Crippen LogP contribution in [-0.4, -0.2) is 9.13 Å². The molecule has 8 rings (SSSR count). The molecule has 242 valence electrons. The smallest absolute Gasteiger partial charge is 0.101 e. The topological polar surface area (TPSA) is 57.4 Å². The van der Waals surface area contributed by atoms with Crippen LogP contribution < -0.4 is 0 Å². The van der Waals surface area contributed by atoms with Gasteiger partial charge in [-0.1, -0.05) is 96.1 Å². The van der Waals surface area contributed by atoms with Crippen molar-refractivity contribution in [2.45, 2.75) is 52.4 Å². The number of nitriles is 2. The van der Waals surface area contributed by atoms with Gasteiger partial charge in [0.15, 0.2) is 0 Å². The molecule has 0 atom stereocenters. The minimum atomic E-state index is -0.0101. The fraction of sp³-hybridized carbons (Fsp3) is 0.174. The molecule has 0 aliphatic heterocycles. The first-order chi connectivity index (χ1) is 24.0. The van der Waals surface area contributed by atoms with Gasteiger partial charge >= 0.3 is 0 Å². The van der Waals surface area contributed by atoms with Gasteiger partial charge in [0.2, 0.25) is 0 Å². The normalized spacial score (nSPS) is 12.2. The molecule has 2 heterocycles. The Kier molecular flexibility index (Phi) is 7.00. The molecule has 0 N–H and O–H groups in total. The summed E-state index contributed by atoms with van der Waals surface area (Å²) in [6.07, 6.45) is 0. The number of para-hydroxylation sites is 2. The number of benzene rings is 6. The lowest BCUT2D eigenvalue weighted by molar-refractivity contribution is 0.590. The van der Waals surface area contributed by atoms with Gasteiger partial charge in [-0.2, -0.15) is 10.5 Å². The van der Waals surface area contributed by atoms with E-state index in [-0.39, 0.29) is 10.8 Å². The highest BCUT2D eigenvalue weighted by Gasteiger charge is 2.25. The molecule has 0 saturated carbocycles. The van der Waals surface area contributed by atoms with Crippen LogP contribution in [0.3, 0.4) is 0 Å². The summed E-state index contributed by atoms with van der Waals surface area (Å²) in [4.78, 5) is 0. The van der Waals surface area contributed by atoms with E-state index in [1.165, 1.54) is 21.9 Å². The number of aromatic nitrogens is 2. The second-order valence-corrected chi connectivity index (χ2v) is 15.3. The molecule has 0 aliphatic carbocycles. The van der Waals surface area contributed by atoms with Gasteiger partial charge in [0.05, 0.1) is 38.9 Å². The number of hydrogen-bond acceptors (Lipinski definition) is 2. The molecular weight excluding hydrogens is 609 g/mol. The Balaban J connectivity index is 1.58. The summed E-state index contributed by atoms with van der Waals surface area (Å²) >= 11 is 0. The molecule has 4 heteroatoms. The predicted octanol–water partition coefficient (Wildman–Crippen LogP) is 11.9. The maximum atomic E-state index is 10.2. The van der Waals surface area contributed by atoms with Crippen molar-refractivity contribution in [3.05, 3.63) is 144 Å². The van der Waals surface area contributed by atoms with Crippen molar-refractivity contribution in [3.63, 3.8) is 0 Å². The molecule has 0 amide bonds. The zero-order valence-corrected chi connectivity index (χ0v) is 29.3. The Morgan fingerprint density at radius 2 is 1.04 bits per heavy atom. The van der Waals surface area contributed by atoms with Crippen molar-refractivity contribution in [3.8, 4) is 34.6 Å². The van der Waals surface area contributed by atoms with Gasteiger partial charge in [-0.05, 0) is 94.3 Å². The molecule has 0 spiro atoms. The lowest BCUT2D eigenvalue weighted by atomic mass is 9.85. The molecule has 50 heavy (non-hydrogen) atoms. The summed E-state index contributed by atoms with van der Waals surface area (Å²) in [5, 5.41) is 24.7. The van der Waals surface area contributed by atoms with E-state index in [9.17, 15) is 10.5 Å². The van der Waals surface area contributed by atoms with Crippen LogP contribution in [0.1, 0.15) is 63.8 Å². The van der Waals surface area contributed by atoms with Crippen LogP contribution in [0.2, 0.25) is 0 Å². The average molecular weight is 647 g/mol. The van der Waals surface area contributed by atoms with E-state index in [2.05, 4.69) is 160 Å². The summed E-state index contributed by atoms with van der Waals surface area (Å²) < 4.78 is 4.72. The molecule has 0 unspecified atom stereocenters. The third-order valence-corrected chi connectivity index (χ3v) is 10.1. The van der Waals surface area contributed by atoms with Crippen LogP contribution in [-0.2, 0) is 10.8 Å². The van der Waals surface area contributed by atoms with E-state index < -0.39 is 0 Å². The third-order valence-electron chi connectivity index (χ3n) is 10.1. The maximum absolute atomic E-state index is 10.2. The van der Waals surface area contributed by atoms with Crippen molar-refractivity contribution in [2.75, 3.05) is 0 Å². The first-order valence-electron chi connectivity index (χ1n) is 17.2. The van der Waals surface area contributed by atoms with E-state index >= 15 is 0 Å². The van der Waals surface area contributed by atoms with Gasteiger partial charge in [-0.15, -0.1) is 0 Å². The lowest BCUT2D eigenvalue weighted by Crippen LogP contribution is -2.10. The van der Waals surface area contributed by atoms with E-state index in [0.29, 0.717) is 11.1 Å². The lowest BCUT2D eigenvalue weighted by Gasteiger charge is -2.20. The van der Waals surface area contributed by atoms with Gasteiger partial charge in [0.25, 0.3) is 0 Å². The van der Waals surface area contributed by atoms with Gasteiger partial charge < -0.3 is 9.13 Å². The number of rotatable bonds is 3. The van der Waals surface area contributed by atoms with Gasteiger partial charge in [-0.25, -0.2) is 0 Å². The SMILES string of the molecule is CC(C)(C)c1ccc2c(c1)c1cc(C(C)(C)C)ccc1n2-c1ccc2c(c1-c1ccc(C#N)c(C#N)c1)c1ccccc1n2-c1ccccc1. The minimum Gasteiger partial charge on any atom is -0.309 e. The van der Waals surface area contributed by atoms with Crippen molar-refractivity contribution in [2.24, 2.45) is 0 Å². The molecule has 0 saturated heterocycles. The highest BCUT2D eigenvalue weighted by atomic mass is 15.0. The van der Waals surface area contributed by atoms with Crippen LogP contribution in [0, 0.1) is 22.7 Å². The zero-order valence-electron chi connectivity index (χ0n) is 29.3. The standard InChI is InChI=1S/C46H38N4/c1-45(2,3)32-18-20-39-36(25-32)37-26-33(46(4,5)6)19-21-40(37)50(39)41-22-23-42-44(43(41)29-16-17-30(27-47)31(24-29)28-48)35-14-10-11-15-38(35)49(42)34-12-8-7-9-13-34/h7-26H,1-6H3. The van der Waals surface area contributed by atoms with Crippen molar-refractivity contribution in [1.29, 1.82) is 10.5 Å². The Morgan fingerprint density at radius 1 is 0.480 bits per heavy atom. The Bertz CT molecular complexity index is 2660. The van der Waals surface area contributed by atoms with Crippen molar-refractivity contribution >= 4 is 43.6 Å². The minimum absolute atomic E-state index is 0.0101. The predicted molar refractivity (Wildman–Crippen MR) is 207 cm³/mol. The molecule has 0 fully saturated rings. The number of hydrogen-bond donors (Lipinski definition) is 0. The second-order valence-electron chi connectivity index (χ2n) is 15.3. The van der Waals surface area contributed by atoms with E-state index in [1.54, 1.807) is 6.07 Å². The summed E-state index contributed by atoms with van der Waals surface area (Å²) in [7, 11) is 0. The van der Waals surface area contributed by atoms with Crippen LogP contribution in [0.4, 0.5) is 0 Å². The molecule has 2 aromatic heterocycles. The Labute approximate surface area is 293 Å². The quantitative estimate of drug-likeness (QED) is 0.192. The molecule has 0 aliphatic rings. The molecule has 8 aromatic rings. The third kappa shape index (κ3) is 4.80. The summed E-state index contributed by atoms with van der Waals surface area (Å²) in [5.41, 5.74) is 11.7. The fourth-order valence-corrected chi connectivity index (χ4v) is 7.49. The molecule has 6 aromatic carbocycles. The van der Waals surface area contributed by atoms with Crippen LogP contribution in [0.15, 0.2) is 121 Å². The van der Waals surface area contributed by atoms with Crippen molar-refractivity contribution < 1.29 is 0 Å². The molecule has 4 nitrogen and oxygen atoms in total. The first kappa shape index (κ1) is 31.2. The largest absolute Gasteiger partial charge is 0.309 e. The average Bonchev–Trinajstić information content (AvgIpc) is 3.62. The Morgan fingerprint density at radius 3 is 1.64 bits per heavy atom. The Hall–Kier alpha value is -6.10. The maximum Gasteiger partial charge on any atom is 0.101 e. The zero-order chi connectivity index (χ0) is 34.9. The second kappa shape index (κ2) is 11.2. The number of nitrogens with zero attached hydrogens (tertiary/aromatic N) is 4. The number of fused-ring (bicyclic) bond motifs is 6. The highest BCUT2D eigenvalue weighted by Crippen LogP contribution is 2.45. The molecular formula is C46H38N4. The molecule has 0 radical (unpaired) electrons. The van der Waals surface area contributed by atoms with E-state index in [4.69, 9.17) is 0 Å². The van der Waals surface area contributed by atoms with Gasteiger partial charge in [-0.3, -0.25) is 0 Å². The summed E-state index contributed by atoms with van der Waals surface area (Å²) in [6.45, 7) is 13.6. The summed E-state index contributed by atoms with van der Waals surface area (Å²) in [6, 6.07) is 47.4. The van der Waals surface area contributed by atoms with Crippen LogP contribution in [0.25, 0.3) is 66.1 Å². The van der Waals surface area contributed by atoms with Gasteiger partial charge in [0.1, 0.15) is 12.1 Å². The van der Waals surface area contributed by atoms with Gasteiger partial charge in [0, 0.05) is 32.8 Å². The summed E-state index contributed by atoms with van der Waals surface area (Å²) in [5.74, 6) is 0. The first-order valence-corrected chi connectivity index (χ1v) is 17.2. The molecule has 0 bridgehead atoms. The monoisotopic (exact) mass is 646 g/mol. The van der Waals surface area contributed by atoms with E-state index in [1.807, 2.05) is 18.2 Å². The van der Waals surface area contributed by atoms with Crippen LogP contribution in [0.5, 0.6) is 0 Å². The van der Waals surface area contributed by atoms with Crippen LogP contribution >= 0.6 is 0 Å². The van der Waals surface area contributed by atoms with Crippen molar-refractivity contribution in [1.82, 2.24) is 9.13 Å². The van der Waals surface area contributed by atoms with E-state index in [0.717, 1.165) is 55.3 Å². The highest BCUT2D eigenvalue weighted by molar-refractivity contribution is 6.19.